The molecule has 0 aliphatic heterocycles. The average Bonchev–Trinajstić information content (AvgIpc) is 2.61. The first-order valence-corrected chi connectivity index (χ1v) is 5.16. The van der Waals surface area contributed by atoms with E-state index < -0.39 is 5.97 Å². The Morgan fingerprint density at radius 1 is 1.50 bits per heavy atom. The maximum atomic E-state index is 11.7. The number of hydrogen-bond donors (Lipinski definition) is 3. The van der Waals surface area contributed by atoms with E-state index >= 15 is 0 Å². The van der Waals surface area contributed by atoms with Crippen molar-refractivity contribution in [1.82, 2.24) is 10.3 Å². The van der Waals surface area contributed by atoms with E-state index in [9.17, 15) is 9.59 Å². The van der Waals surface area contributed by atoms with Crippen molar-refractivity contribution in [1.29, 1.82) is 0 Å². The van der Waals surface area contributed by atoms with Crippen LogP contribution in [0.25, 0.3) is 0 Å². The summed E-state index contributed by atoms with van der Waals surface area (Å²) in [4.78, 5) is 24.9. The third-order valence-electron chi connectivity index (χ3n) is 2.37. The van der Waals surface area contributed by atoms with E-state index in [2.05, 4.69) is 10.3 Å². The number of carbonyl (C=O) groups excluding carboxylic acids is 1. The Kier molecular flexibility index (Phi) is 4.10. The van der Waals surface area contributed by atoms with Crippen molar-refractivity contribution in [3.8, 4) is 0 Å². The molecule has 1 amide bonds. The number of amides is 1. The van der Waals surface area contributed by atoms with Gasteiger partial charge in [-0.15, -0.1) is 0 Å². The summed E-state index contributed by atoms with van der Waals surface area (Å²) in [6.45, 7) is 3.64. The van der Waals surface area contributed by atoms with E-state index in [1.807, 2.05) is 6.92 Å². The normalized spacial score (nSPS) is 12.1. The molecule has 0 aliphatic rings. The van der Waals surface area contributed by atoms with Crippen molar-refractivity contribution in [3.63, 3.8) is 0 Å². The van der Waals surface area contributed by atoms with Crippen LogP contribution < -0.4 is 5.32 Å². The van der Waals surface area contributed by atoms with Gasteiger partial charge in [0, 0.05) is 24.9 Å². The highest BCUT2D eigenvalue weighted by Gasteiger charge is 2.13. The number of aromatic amines is 1. The smallest absolute Gasteiger partial charge is 0.303 e. The van der Waals surface area contributed by atoms with E-state index in [-0.39, 0.29) is 18.4 Å². The Balaban J connectivity index is 2.46. The molecule has 3 N–H and O–H groups in total. The zero-order chi connectivity index (χ0) is 12.1. The number of aryl methyl sites for hydroxylation is 1. The molecule has 0 spiro atoms. The molecule has 1 rings (SSSR count). The standard InChI is InChI=1S/C11H16N2O3/c1-7-5-12-6-9(7)11(16)13-8(2)3-4-10(14)15/h5-6,8,12H,3-4H2,1-2H3,(H,13,16)(H,14,15). The zero-order valence-corrected chi connectivity index (χ0v) is 9.41. The van der Waals surface area contributed by atoms with Crippen molar-refractivity contribution >= 4 is 11.9 Å². The van der Waals surface area contributed by atoms with Crippen LogP contribution in [-0.4, -0.2) is 28.0 Å². The van der Waals surface area contributed by atoms with Crippen LogP contribution in [0.15, 0.2) is 12.4 Å². The van der Waals surface area contributed by atoms with Crippen LogP contribution in [0.4, 0.5) is 0 Å². The molecule has 1 unspecified atom stereocenters. The first-order chi connectivity index (χ1) is 7.50. The van der Waals surface area contributed by atoms with Crippen LogP contribution in [0.1, 0.15) is 35.7 Å². The van der Waals surface area contributed by atoms with Crippen molar-refractivity contribution in [2.75, 3.05) is 0 Å². The topological polar surface area (TPSA) is 82.2 Å². The van der Waals surface area contributed by atoms with E-state index in [4.69, 9.17) is 5.11 Å². The summed E-state index contributed by atoms with van der Waals surface area (Å²) in [5.74, 6) is -1.02. The average molecular weight is 224 g/mol. The molecule has 0 radical (unpaired) electrons. The van der Waals surface area contributed by atoms with Gasteiger partial charge < -0.3 is 15.4 Å². The second kappa shape index (κ2) is 5.34. The molecule has 5 heteroatoms. The van der Waals surface area contributed by atoms with Gasteiger partial charge in [0.15, 0.2) is 0 Å². The van der Waals surface area contributed by atoms with Gasteiger partial charge in [-0.1, -0.05) is 0 Å². The van der Waals surface area contributed by atoms with E-state index in [1.54, 1.807) is 19.3 Å². The Bertz CT molecular complexity index is 384. The molecular weight excluding hydrogens is 208 g/mol. The summed E-state index contributed by atoms with van der Waals surface area (Å²) in [5, 5.41) is 11.3. The van der Waals surface area contributed by atoms with Gasteiger partial charge in [0.05, 0.1) is 5.56 Å². The Hall–Kier alpha value is -1.78. The highest BCUT2D eigenvalue weighted by Crippen LogP contribution is 2.06. The van der Waals surface area contributed by atoms with Gasteiger partial charge in [-0.05, 0) is 25.8 Å². The minimum absolute atomic E-state index is 0.0631. The lowest BCUT2D eigenvalue weighted by Crippen LogP contribution is -2.33. The predicted molar refractivity (Wildman–Crippen MR) is 59.3 cm³/mol. The van der Waals surface area contributed by atoms with Gasteiger partial charge >= 0.3 is 5.97 Å². The SMILES string of the molecule is Cc1c[nH]cc1C(=O)NC(C)CCC(=O)O. The number of rotatable bonds is 5. The van der Waals surface area contributed by atoms with Crippen molar-refractivity contribution < 1.29 is 14.7 Å². The lowest BCUT2D eigenvalue weighted by molar-refractivity contribution is -0.137. The number of carbonyl (C=O) groups is 2. The van der Waals surface area contributed by atoms with Gasteiger partial charge in [0.2, 0.25) is 0 Å². The Morgan fingerprint density at radius 2 is 2.19 bits per heavy atom. The molecule has 1 atom stereocenters. The summed E-state index contributed by atoms with van der Waals surface area (Å²) >= 11 is 0. The Morgan fingerprint density at radius 3 is 2.69 bits per heavy atom. The molecule has 5 nitrogen and oxygen atoms in total. The third-order valence-corrected chi connectivity index (χ3v) is 2.37. The van der Waals surface area contributed by atoms with Crippen LogP contribution in [-0.2, 0) is 4.79 Å². The van der Waals surface area contributed by atoms with Gasteiger partial charge in [-0.25, -0.2) is 0 Å². The minimum atomic E-state index is -0.848. The van der Waals surface area contributed by atoms with E-state index in [0.717, 1.165) is 5.56 Å². The van der Waals surface area contributed by atoms with Crippen molar-refractivity contribution in [3.05, 3.63) is 23.5 Å². The molecule has 1 aromatic rings. The number of nitrogens with one attached hydrogen (secondary N) is 2. The molecule has 0 saturated carbocycles. The number of aliphatic carboxylic acids is 1. The summed E-state index contributed by atoms with van der Waals surface area (Å²) in [6, 6.07) is -0.141. The second-order valence-electron chi connectivity index (χ2n) is 3.86. The lowest BCUT2D eigenvalue weighted by atomic mass is 10.1. The van der Waals surface area contributed by atoms with Crippen LogP contribution >= 0.6 is 0 Å². The molecule has 16 heavy (non-hydrogen) atoms. The molecule has 88 valence electrons. The summed E-state index contributed by atoms with van der Waals surface area (Å²) in [7, 11) is 0. The maximum absolute atomic E-state index is 11.7. The number of hydrogen-bond acceptors (Lipinski definition) is 2. The predicted octanol–water partition coefficient (Wildman–Crippen LogP) is 1.31. The van der Waals surface area contributed by atoms with Crippen LogP contribution in [0.2, 0.25) is 0 Å². The van der Waals surface area contributed by atoms with Gasteiger partial charge in [0.25, 0.3) is 5.91 Å². The highest BCUT2D eigenvalue weighted by atomic mass is 16.4. The third kappa shape index (κ3) is 3.42. The molecule has 0 aromatic carbocycles. The van der Waals surface area contributed by atoms with Gasteiger partial charge in [-0.2, -0.15) is 0 Å². The number of H-pyrrole nitrogens is 1. The van der Waals surface area contributed by atoms with Crippen LogP contribution in [0.3, 0.4) is 0 Å². The fourth-order valence-corrected chi connectivity index (χ4v) is 1.40. The molecule has 1 aromatic heterocycles. The first-order valence-electron chi connectivity index (χ1n) is 5.16. The highest BCUT2D eigenvalue weighted by molar-refractivity contribution is 5.95. The summed E-state index contributed by atoms with van der Waals surface area (Å²) < 4.78 is 0. The summed E-state index contributed by atoms with van der Waals surface area (Å²) in [6.07, 6.45) is 3.88. The van der Waals surface area contributed by atoms with E-state index in [0.29, 0.717) is 12.0 Å². The van der Waals surface area contributed by atoms with Gasteiger partial charge in [-0.3, -0.25) is 9.59 Å². The largest absolute Gasteiger partial charge is 0.481 e. The molecular formula is C11H16N2O3. The van der Waals surface area contributed by atoms with Crippen LogP contribution in [0.5, 0.6) is 0 Å². The number of aromatic nitrogens is 1. The zero-order valence-electron chi connectivity index (χ0n) is 9.41. The fraction of sp³-hybridized carbons (Fsp3) is 0.455. The first kappa shape index (κ1) is 12.3. The van der Waals surface area contributed by atoms with Gasteiger partial charge in [0.1, 0.15) is 0 Å². The molecule has 1 heterocycles. The Labute approximate surface area is 93.9 Å². The fourth-order valence-electron chi connectivity index (χ4n) is 1.40. The molecule has 0 bridgehead atoms. The number of carboxylic acid groups (broad SMARTS) is 1. The van der Waals surface area contributed by atoms with Crippen molar-refractivity contribution in [2.45, 2.75) is 32.7 Å². The van der Waals surface area contributed by atoms with Crippen molar-refractivity contribution in [2.24, 2.45) is 0 Å². The number of carboxylic acids is 1. The summed E-state index contributed by atoms with van der Waals surface area (Å²) in [5.41, 5.74) is 1.48. The van der Waals surface area contributed by atoms with Crippen LogP contribution in [0, 0.1) is 6.92 Å². The molecule has 0 aliphatic carbocycles. The second-order valence-corrected chi connectivity index (χ2v) is 3.86. The molecule has 0 fully saturated rings. The monoisotopic (exact) mass is 224 g/mol. The lowest BCUT2D eigenvalue weighted by Gasteiger charge is -2.12. The minimum Gasteiger partial charge on any atom is -0.481 e. The quantitative estimate of drug-likeness (QED) is 0.705. The maximum Gasteiger partial charge on any atom is 0.303 e. The molecule has 0 saturated heterocycles. The van der Waals surface area contributed by atoms with E-state index in [1.165, 1.54) is 0 Å².